The zero-order valence-electron chi connectivity index (χ0n) is 15.5. The predicted octanol–water partition coefficient (Wildman–Crippen LogP) is 1.03. The fourth-order valence-electron chi connectivity index (χ4n) is 2.96. The lowest BCUT2D eigenvalue weighted by atomic mass is 9.93. The summed E-state index contributed by atoms with van der Waals surface area (Å²) in [7, 11) is 0. The molecular weight excluding hydrogens is 366 g/mol. The van der Waals surface area contributed by atoms with E-state index in [0.717, 1.165) is 11.1 Å². The Labute approximate surface area is 161 Å². The molecule has 2 aromatic rings. The molecule has 0 amide bonds. The standard InChI is InChI=1S/C18H23N5O5/c1-2-28-14(24)9-12-5-3-11(4-6-12)7-8-13(10-23(26)27)15-16(19)21-18(20)22-17(15)25/h3-6,13H,2,7-10H2,1H3,(H5,19,20,21,22,25). The molecule has 0 bridgehead atoms. The fourth-order valence-corrected chi connectivity index (χ4v) is 2.96. The van der Waals surface area contributed by atoms with E-state index in [0.29, 0.717) is 19.4 Å². The number of nitrogen functional groups attached to an aromatic ring is 2. The number of esters is 1. The molecule has 1 aromatic carbocycles. The maximum absolute atomic E-state index is 12.2. The molecule has 0 radical (unpaired) electrons. The Balaban J connectivity index is 2.11. The number of aromatic nitrogens is 2. The number of benzene rings is 1. The summed E-state index contributed by atoms with van der Waals surface area (Å²) in [5, 5.41) is 11.0. The number of hydrogen-bond donors (Lipinski definition) is 3. The summed E-state index contributed by atoms with van der Waals surface area (Å²) in [5.74, 6) is -1.24. The Hall–Kier alpha value is -3.43. The van der Waals surface area contributed by atoms with Crippen LogP contribution >= 0.6 is 0 Å². The van der Waals surface area contributed by atoms with Crippen LogP contribution in [0.2, 0.25) is 0 Å². The maximum atomic E-state index is 12.2. The van der Waals surface area contributed by atoms with Gasteiger partial charge in [0.15, 0.2) is 0 Å². The SMILES string of the molecule is CCOC(=O)Cc1ccc(CCC(C[N+](=O)[O-])c2c(N)nc(N)[nH]c2=O)cc1. The lowest BCUT2D eigenvalue weighted by Gasteiger charge is -2.14. The minimum atomic E-state index is -0.703. The Morgan fingerprint density at radius 2 is 1.93 bits per heavy atom. The smallest absolute Gasteiger partial charge is 0.310 e. The number of aryl methyl sites for hydroxylation is 1. The molecule has 1 aromatic heterocycles. The van der Waals surface area contributed by atoms with E-state index < -0.39 is 22.9 Å². The van der Waals surface area contributed by atoms with Gasteiger partial charge in [-0.2, -0.15) is 4.98 Å². The van der Waals surface area contributed by atoms with E-state index in [1.54, 1.807) is 19.1 Å². The second kappa shape index (κ2) is 9.49. The van der Waals surface area contributed by atoms with Crippen molar-refractivity contribution in [3.05, 3.63) is 61.4 Å². The molecule has 10 nitrogen and oxygen atoms in total. The molecule has 10 heteroatoms. The van der Waals surface area contributed by atoms with Gasteiger partial charge < -0.3 is 16.2 Å². The molecule has 0 aliphatic heterocycles. The largest absolute Gasteiger partial charge is 0.466 e. The van der Waals surface area contributed by atoms with Crippen LogP contribution in [0.4, 0.5) is 11.8 Å². The minimum Gasteiger partial charge on any atom is -0.466 e. The van der Waals surface area contributed by atoms with Crippen LogP contribution in [0.5, 0.6) is 0 Å². The lowest BCUT2D eigenvalue weighted by Crippen LogP contribution is -2.26. The number of ether oxygens (including phenoxy) is 1. The fraction of sp³-hybridized carbons (Fsp3) is 0.389. The number of aromatic amines is 1. The van der Waals surface area contributed by atoms with Crippen molar-refractivity contribution in [2.24, 2.45) is 0 Å². The number of nitrogens with zero attached hydrogens (tertiary/aromatic N) is 2. The van der Waals surface area contributed by atoms with Crippen LogP contribution in [0.3, 0.4) is 0 Å². The van der Waals surface area contributed by atoms with Gasteiger partial charge in [-0.05, 0) is 30.9 Å². The molecule has 0 aliphatic rings. The highest BCUT2D eigenvalue weighted by molar-refractivity contribution is 5.72. The normalized spacial score (nSPS) is 11.8. The first-order chi connectivity index (χ1) is 13.3. The highest BCUT2D eigenvalue weighted by Crippen LogP contribution is 2.23. The van der Waals surface area contributed by atoms with Gasteiger partial charge >= 0.3 is 5.97 Å². The number of carbonyl (C=O) groups is 1. The van der Waals surface area contributed by atoms with Crippen LogP contribution < -0.4 is 17.0 Å². The second-order valence-electron chi connectivity index (χ2n) is 6.30. The van der Waals surface area contributed by atoms with Crippen molar-refractivity contribution in [1.82, 2.24) is 9.97 Å². The summed E-state index contributed by atoms with van der Waals surface area (Å²) in [4.78, 5) is 40.4. The molecule has 150 valence electrons. The molecule has 0 saturated heterocycles. The van der Waals surface area contributed by atoms with Crippen LogP contribution in [-0.4, -0.2) is 34.0 Å². The number of rotatable bonds is 9. The van der Waals surface area contributed by atoms with Crippen LogP contribution in [-0.2, 0) is 22.4 Å². The molecule has 0 saturated carbocycles. The first-order valence-corrected chi connectivity index (χ1v) is 8.80. The predicted molar refractivity (Wildman–Crippen MR) is 103 cm³/mol. The zero-order chi connectivity index (χ0) is 20.7. The molecular formula is C18H23N5O5. The topological polar surface area (TPSA) is 167 Å². The molecule has 1 atom stereocenters. The number of carbonyl (C=O) groups excluding carboxylic acids is 1. The summed E-state index contributed by atoms with van der Waals surface area (Å²) in [6.07, 6.45) is 1.000. The number of nitrogens with two attached hydrogens (primary N) is 2. The van der Waals surface area contributed by atoms with E-state index in [-0.39, 0.29) is 29.7 Å². The van der Waals surface area contributed by atoms with Crippen LogP contribution in [0.15, 0.2) is 29.1 Å². The maximum Gasteiger partial charge on any atom is 0.310 e. The van der Waals surface area contributed by atoms with Crippen molar-refractivity contribution >= 4 is 17.7 Å². The summed E-state index contributed by atoms with van der Waals surface area (Å²) in [6.45, 7) is 1.63. The quantitative estimate of drug-likeness (QED) is 0.325. The Morgan fingerprint density at radius 3 is 2.50 bits per heavy atom. The number of H-pyrrole nitrogens is 1. The molecule has 0 aliphatic carbocycles. The number of anilines is 2. The second-order valence-corrected chi connectivity index (χ2v) is 6.30. The van der Waals surface area contributed by atoms with Crippen molar-refractivity contribution in [3.63, 3.8) is 0 Å². The highest BCUT2D eigenvalue weighted by atomic mass is 16.6. The van der Waals surface area contributed by atoms with Crippen LogP contribution in [0.25, 0.3) is 0 Å². The van der Waals surface area contributed by atoms with Gasteiger partial charge in [-0.25, -0.2) is 0 Å². The summed E-state index contributed by atoms with van der Waals surface area (Å²) in [5.41, 5.74) is 12.5. The Bertz CT molecular complexity index is 894. The van der Waals surface area contributed by atoms with Gasteiger partial charge in [-0.15, -0.1) is 0 Å². The van der Waals surface area contributed by atoms with E-state index in [9.17, 15) is 19.7 Å². The van der Waals surface area contributed by atoms with Gasteiger partial charge in [-0.3, -0.25) is 24.7 Å². The van der Waals surface area contributed by atoms with E-state index in [4.69, 9.17) is 16.2 Å². The zero-order valence-corrected chi connectivity index (χ0v) is 15.5. The third-order valence-electron chi connectivity index (χ3n) is 4.24. The third kappa shape index (κ3) is 5.79. The highest BCUT2D eigenvalue weighted by Gasteiger charge is 2.24. The molecule has 1 heterocycles. The molecule has 2 rings (SSSR count). The van der Waals surface area contributed by atoms with Gasteiger partial charge in [0.2, 0.25) is 12.5 Å². The number of hydrogen-bond acceptors (Lipinski definition) is 8. The van der Waals surface area contributed by atoms with Crippen molar-refractivity contribution in [1.29, 1.82) is 0 Å². The molecule has 28 heavy (non-hydrogen) atoms. The molecule has 0 fully saturated rings. The van der Waals surface area contributed by atoms with E-state index >= 15 is 0 Å². The average Bonchev–Trinajstić information content (AvgIpc) is 2.59. The third-order valence-corrected chi connectivity index (χ3v) is 4.24. The molecule has 0 spiro atoms. The summed E-state index contributed by atoms with van der Waals surface area (Å²) >= 11 is 0. The van der Waals surface area contributed by atoms with E-state index in [1.165, 1.54) is 0 Å². The van der Waals surface area contributed by atoms with E-state index in [2.05, 4.69) is 9.97 Å². The van der Waals surface area contributed by atoms with Gasteiger partial charge in [0.1, 0.15) is 5.82 Å². The van der Waals surface area contributed by atoms with E-state index in [1.807, 2.05) is 12.1 Å². The van der Waals surface area contributed by atoms with Crippen molar-refractivity contribution in [3.8, 4) is 0 Å². The molecule has 1 unspecified atom stereocenters. The van der Waals surface area contributed by atoms with Crippen LogP contribution in [0, 0.1) is 10.1 Å². The van der Waals surface area contributed by atoms with Crippen molar-refractivity contribution in [2.45, 2.75) is 32.1 Å². The number of nitro groups is 1. The first-order valence-electron chi connectivity index (χ1n) is 8.80. The average molecular weight is 389 g/mol. The Kier molecular flexibility index (Phi) is 7.08. The lowest BCUT2D eigenvalue weighted by molar-refractivity contribution is -0.483. The van der Waals surface area contributed by atoms with Crippen molar-refractivity contribution in [2.75, 3.05) is 24.6 Å². The monoisotopic (exact) mass is 389 g/mol. The number of nitrogens with one attached hydrogen (secondary N) is 1. The minimum absolute atomic E-state index is 0.0739. The van der Waals surface area contributed by atoms with Crippen molar-refractivity contribution < 1.29 is 14.5 Å². The summed E-state index contributed by atoms with van der Waals surface area (Å²) in [6, 6.07) is 7.29. The van der Waals surface area contributed by atoms with Gasteiger partial charge in [0.25, 0.3) is 5.56 Å². The summed E-state index contributed by atoms with van der Waals surface area (Å²) < 4.78 is 4.91. The Morgan fingerprint density at radius 1 is 1.29 bits per heavy atom. The first kappa shape index (κ1) is 20.9. The molecule has 5 N–H and O–H groups in total. The van der Waals surface area contributed by atoms with Gasteiger partial charge in [-0.1, -0.05) is 24.3 Å². The van der Waals surface area contributed by atoms with Gasteiger partial charge in [0.05, 0.1) is 24.5 Å². The van der Waals surface area contributed by atoms with Crippen LogP contribution in [0.1, 0.15) is 36.0 Å². The van der Waals surface area contributed by atoms with Gasteiger partial charge in [0, 0.05) is 4.92 Å².